The number of carbonyl (C=O) groups excluding carboxylic acids is 1. The van der Waals surface area contributed by atoms with Gasteiger partial charge >= 0.3 is 0 Å². The first-order chi connectivity index (χ1) is 4.54. The predicted molar refractivity (Wildman–Crippen MR) is 46.5 cm³/mol. The van der Waals surface area contributed by atoms with Crippen LogP contribution in [0.4, 0.5) is 0 Å². The van der Waals surface area contributed by atoms with Crippen molar-refractivity contribution in [2.24, 2.45) is 5.92 Å². The number of hydrogen-bond acceptors (Lipinski definition) is 2. The Hall–Kier alpha value is -0.410. The molecular weight excluding hydrogens is 144 g/mol. The van der Waals surface area contributed by atoms with Crippen molar-refractivity contribution >= 4 is 5.78 Å². The van der Waals surface area contributed by atoms with Crippen LogP contribution in [0.25, 0.3) is 0 Å². The van der Waals surface area contributed by atoms with E-state index >= 15 is 0 Å². The van der Waals surface area contributed by atoms with E-state index in [0.717, 1.165) is 6.42 Å². The summed E-state index contributed by atoms with van der Waals surface area (Å²) >= 11 is 0. The highest BCUT2D eigenvalue weighted by Gasteiger charge is 1.95. The van der Waals surface area contributed by atoms with Gasteiger partial charge in [-0.05, 0) is 19.8 Å². The maximum atomic E-state index is 10.3. The first kappa shape index (κ1) is 16.9. The second-order valence-corrected chi connectivity index (χ2v) is 2.62. The summed E-state index contributed by atoms with van der Waals surface area (Å²) in [5, 5.41) is 7.57. The van der Waals surface area contributed by atoms with Crippen LogP contribution in [0.5, 0.6) is 0 Å². The van der Waals surface area contributed by atoms with Gasteiger partial charge < -0.3 is 15.4 Å². The van der Waals surface area contributed by atoms with E-state index in [1.54, 1.807) is 13.8 Å². The molecule has 0 heterocycles. The lowest BCUT2D eigenvalue weighted by Gasteiger charge is -1.95. The minimum Gasteiger partial charge on any atom is -0.412 e. The van der Waals surface area contributed by atoms with Crippen molar-refractivity contribution in [3.63, 3.8) is 0 Å². The third-order valence-electron chi connectivity index (χ3n) is 0.696. The van der Waals surface area contributed by atoms with Crippen molar-refractivity contribution in [2.45, 2.75) is 34.1 Å². The number of aliphatic hydroxyl groups excluding tert-OH is 1. The number of carbonyl (C=O) groups is 1. The zero-order valence-electron chi connectivity index (χ0n) is 7.85. The summed E-state index contributed by atoms with van der Waals surface area (Å²) in [7, 11) is 0. The van der Waals surface area contributed by atoms with E-state index in [1.165, 1.54) is 0 Å². The average molecular weight is 164 g/mol. The van der Waals surface area contributed by atoms with Gasteiger partial charge in [-0.25, -0.2) is 0 Å². The van der Waals surface area contributed by atoms with Crippen LogP contribution in [0.2, 0.25) is 0 Å². The second kappa shape index (κ2) is 12.3. The third-order valence-corrected chi connectivity index (χ3v) is 0.696. The fourth-order valence-corrected chi connectivity index (χ4v) is 0.575. The molecule has 0 radical (unpaired) electrons. The highest BCUT2D eigenvalue weighted by atomic mass is 16.2. The van der Waals surface area contributed by atoms with Crippen LogP contribution in [-0.4, -0.2) is 23.0 Å². The number of Topliss-reactive ketones (excluding diaryl/α,β-unsaturated/α-hetero) is 1. The number of rotatable bonds is 2. The van der Waals surface area contributed by atoms with Gasteiger partial charge in [0.1, 0.15) is 5.78 Å². The quantitative estimate of drug-likeness (QED) is 0.655. The molecule has 0 aromatic carbocycles. The van der Waals surface area contributed by atoms with Crippen LogP contribution in [0.1, 0.15) is 34.1 Å². The molecule has 0 amide bonds. The second-order valence-electron chi connectivity index (χ2n) is 2.62. The first-order valence-corrected chi connectivity index (χ1v) is 3.64. The molecule has 3 N–H and O–H groups in total. The number of ketones is 1. The van der Waals surface area contributed by atoms with Gasteiger partial charge in [-0.1, -0.05) is 13.8 Å². The molecule has 3 nitrogen and oxygen atoms in total. The topological polar surface area (TPSA) is 68.8 Å². The van der Waals surface area contributed by atoms with Gasteiger partial charge in [0.25, 0.3) is 0 Å². The zero-order chi connectivity index (χ0) is 8.57. The summed E-state index contributed by atoms with van der Waals surface area (Å²) in [6.07, 6.45) is 0.722. The zero-order valence-corrected chi connectivity index (χ0v) is 7.85. The van der Waals surface area contributed by atoms with E-state index < -0.39 is 0 Å². The Morgan fingerprint density at radius 1 is 1.45 bits per heavy atom. The molecular formula is C8H20O3. The number of aliphatic hydroxyl groups is 1. The van der Waals surface area contributed by atoms with Crippen LogP contribution in [-0.2, 0) is 4.79 Å². The molecule has 0 aliphatic carbocycles. The molecule has 0 aliphatic rings. The van der Waals surface area contributed by atoms with Crippen LogP contribution in [0.3, 0.4) is 0 Å². The molecule has 0 aromatic rings. The van der Waals surface area contributed by atoms with E-state index in [0.29, 0.717) is 5.92 Å². The summed E-state index contributed by atoms with van der Waals surface area (Å²) in [6, 6.07) is 0. The molecule has 0 spiro atoms. The Morgan fingerprint density at radius 2 is 1.73 bits per heavy atom. The standard InChI is InChI=1S/C6H12O.C2H6O.H2O/c1-5(2)4-6(3)7;1-2-3;/h5H,4H2,1-3H3;3H,2H2,1H3;1H2. The highest BCUT2D eigenvalue weighted by Crippen LogP contribution is 1.97. The molecule has 0 saturated carbocycles. The van der Waals surface area contributed by atoms with Gasteiger partial charge in [-0.3, -0.25) is 0 Å². The SMILES string of the molecule is CC(=O)CC(C)C.CCO.O. The van der Waals surface area contributed by atoms with Gasteiger partial charge in [-0.2, -0.15) is 0 Å². The molecule has 0 saturated heterocycles. The van der Waals surface area contributed by atoms with Crippen molar-refractivity contribution in [2.75, 3.05) is 6.61 Å². The van der Waals surface area contributed by atoms with Crippen LogP contribution in [0.15, 0.2) is 0 Å². The molecule has 0 unspecified atom stereocenters. The van der Waals surface area contributed by atoms with E-state index in [2.05, 4.69) is 0 Å². The minimum absolute atomic E-state index is 0. The van der Waals surface area contributed by atoms with E-state index in [4.69, 9.17) is 5.11 Å². The lowest BCUT2D eigenvalue weighted by molar-refractivity contribution is -0.117. The van der Waals surface area contributed by atoms with Gasteiger partial charge in [0, 0.05) is 13.0 Å². The maximum absolute atomic E-state index is 10.3. The van der Waals surface area contributed by atoms with Gasteiger partial charge in [0.15, 0.2) is 0 Å². The van der Waals surface area contributed by atoms with E-state index in [9.17, 15) is 4.79 Å². The smallest absolute Gasteiger partial charge is 0.130 e. The normalized spacial score (nSPS) is 7.82. The molecule has 0 atom stereocenters. The van der Waals surface area contributed by atoms with Crippen molar-refractivity contribution in [3.05, 3.63) is 0 Å². The summed E-state index contributed by atoms with van der Waals surface area (Å²) in [4.78, 5) is 10.3. The molecule has 0 rings (SSSR count). The fourth-order valence-electron chi connectivity index (χ4n) is 0.575. The number of hydrogen-bond donors (Lipinski definition) is 1. The van der Waals surface area contributed by atoms with Crippen molar-refractivity contribution in [3.8, 4) is 0 Å². The van der Waals surface area contributed by atoms with E-state index in [-0.39, 0.29) is 17.9 Å². The van der Waals surface area contributed by atoms with Crippen LogP contribution in [0, 0.1) is 5.92 Å². The summed E-state index contributed by atoms with van der Waals surface area (Å²) in [5.74, 6) is 0.813. The molecule has 0 fully saturated rings. The van der Waals surface area contributed by atoms with Crippen molar-refractivity contribution in [1.82, 2.24) is 0 Å². The largest absolute Gasteiger partial charge is 0.412 e. The molecule has 11 heavy (non-hydrogen) atoms. The van der Waals surface area contributed by atoms with Gasteiger partial charge in [0.05, 0.1) is 0 Å². The van der Waals surface area contributed by atoms with E-state index in [1.807, 2.05) is 13.8 Å². The lowest BCUT2D eigenvalue weighted by atomic mass is 10.1. The molecule has 70 valence electrons. The summed E-state index contributed by atoms with van der Waals surface area (Å²) in [6.45, 7) is 7.64. The van der Waals surface area contributed by atoms with Crippen molar-refractivity contribution < 1.29 is 15.4 Å². The molecule has 0 aromatic heterocycles. The monoisotopic (exact) mass is 164 g/mol. The molecule has 0 bridgehead atoms. The fraction of sp³-hybridized carbons (Fsp3) is 0.875. The maximum Gasteiger partial charge on any atom is 0.130 e. The Labute approximate surface area is 68.7 Å². The Morgan fingerprint density at radius 3 is 1.73 bits per heavy atom. The Bertz CT molecular complexity index is 79.4. The first-order valence-electron chi connectivity index (χ1n) is 3.64. The minimum atomic E-state index is 0. The van der Waals surface area contributed by atoms with Crippen LogP contribution < -0.4 is 0 Å². The van der Waals surface area contributed by atoms with Crippen molar-refractivity contribution in [1.29, 1.82) is 0 Å². The average Bonchev–Trinajstić information content (AvgIpc) is 1.62. The van der Waals surface area contributed by atoms with Crippen LogP contribution >= 0.6 is 0 Å². The summed E-state index contributed by atoms with van der Waals surface area (Å²) in [5.41, 5.74) is 0. The third kappa shape index (κ3) is 42.9. The lowest BCUT2D eigenvalue weighted by Crippen LogP contribution is -1.95. The Balaban J connectivity index is -0.000000140. The highest BCUT2D eigenvalue weighted by molar-refractivity contribution is 5.75. The molecule has 3 heteroatoms. The molecule has 0 aliphatic heterocycles. The predicted octanol–water partition coefficient (Wildman–Crippen LogP) is 0.795. The Kier molecular flexibility index (Phi) is 18.9. The van der Waals surface area contributed by atoms with Gasteiger partial charge in [-0.15, -0.1) is 0 Å². The van der Waals surface area contributed by atoms with Gasteiger partial charge in [0.2, 0.25) is 0 Å². The summed E-state index contributed by atoms with van der Waals surface area (Å²) < 4.78 is 0.